The third kappa shape index (κ3) is 10.5. The Morgan fingerprint density at radius 3 is 2.41 bits per heavy atom. The standard InChI is InChI=1S/C42H53N9O8/c1-24(2)18-34-42(59)51-22-27(52)20-35(51)40(57)43-16-9-8-14-32(47-36(53)15-17-50-23-45-31-13-7-5-11-29(31)41(50)58)38(55)46-25(3)37(54)48-33(39(56)49-34)19-26-21-44-30-12-6-4-10-28(26)30/h4-7,10-13,21,23-25,27,32-35,44,52H,8-9,14-20,22H2,1-3H3,(H,43,57)(H,46,55)(H,47,53)(H,48,54)(H,49,56)/t25-,27-,32+,33+,34-,35+/m1/s1. The molecular weight excluding hydrogens is 759 g/mol. The molecule has 0 spiro atoms. The number of rotatable bonds is 8. The molecule has 0 aliphatic carbocycles. The van der Waals surface area contributed by atoms with E-state index in [0.717, 1.165) is 16.5 Å². The topological polar surface area (TPSA) is 237 Å². The van der Waals surface area contributed by atoms with E-state index in [0.29, 0.717) is 23.7 Å². The van der Waals surface area contributed by atoms with Crippen LogP contribution in [0.4, 0.5) is 0 Å². The van der Waals surface area contributed by atoms with Crippen LogP contribution in [0.25, 0.3) is 21.8 Å². The van der Waals surface area contributed by atoms with E-state index in [-0.39, 0.29) is 63.2 Å². The third-order valence-electron chi connectivity index (χ3n) is 10.9. The molecule has 6 rings (SSSR count). The largest absolute Gasteiger partial charge is 0.391 e. The second-order valence-corrected chi connectivity index (χ2v) is 15.9. The van der Waals surface area contributed by atoms with Crippen LogP contribution in [0.5, 0.6) is 0 Å². The maximum Gasteiger partial charge on any atom is 0.261 e. The fraction of sp³-hybridized carbons (Fsp3) is 0.476. The highest BCUT2D eigenvalue weighted by Crippen LogP contribution is 2.23. The molecule has 2 aliphatic heterocycles. The van der Waals surface area contributed by atoms with Gasteiger partial charge in [-0.3, -0.25) is 38.1 Å². The molecule has 0 radical (unpaired) electrons. The number of aliphatic hydroxyl groups excluding tert-OH is 1. The molecule has 314 valence electrons. The van der Waals surface area contributed by atoms with Gasteiger partial charge in [-0.2, -0.15) is 0 Å². The Hall–Kier alpha value is -6.10. The van der Waals surface area contributed by atoms with Gasteiger partial charge in [0, 0.05) is 56.0 Å². The van der Waals surface area contributed by atoms with Crippen LogP contribution in [-0.4, -0.2) is 109 Å². The van der Waals surface area contributed by atoms with Crippen molar-refractivity contribution in [2.75, 3.05) is 13.1 Å². The Morgan fingerprint density at radius 1 is 0.898 bits per heavy atom. The fourth-order valence-electron chi connectivity index (χ4n) is 7.70. The van der Waals surface area contributed by atoms with Crippen molar-refractivity contribution in [1.82, 2.24) is 46.0 Å². The van der Waals surface area contributed by atoms with Crippen molar-refractivity contribution < 1.29 is 33.9 Å². The maximum absolute atomic E-state index is 14.2. The molecule has 2 aromatic carbocycles. The smallest absolute Gasteiger partial charge is 0.261 e. The number of carbonyl (C=O) groups excluding carboxylic acids is 6. The number of aliphatic hydroxyl groups is 1. The van der Waals surface area contributed by atoms with Gasteiger partial charge in [0.2, 0.25) is 35.4 Å². The molecule has 2 aliphatic rings. The number of H-pyrrole nitrogens is 1. The number of carbonyl (C=O) groups is 6. The van der Waals surface area contributed by atoms with Crippen LogP contribution in [0, 0.1) is 5.92 Å². The van der Waals surface area contributed by atoms with Crippen molar-refractivity contribution >= 4 is 57.2 Å². The van der Waals surface area contributed by atoms with Gasteiger partial charge in [-0.05, 0) is 62.3 Å². The minimum Gasteiger partial charge on any atom is -0.391 e. The Morgan fingerprint density at radius 2 is 1.63 bits per heavy atom. The number of nitrogens with zero attached hydrogens (tertiary/aromatic N) is 3. The zero-order valence-electron chi connectivity index (χ0n) is 33.5. The Bertz CT molecular complexity index is 2250. The Balaban J connectivity index is 1.23. The SMILES string of the molecule is CC(C)C[C@H]1NC(=O)[C@H](Cc2c[nH]c3ccccc23)NC(=O)[C@@H](C)NC(=O)[C@@H](NC(=O)CCn2cnc3ccccc3c2=O)CCCCNC(=O)[C@@H]2C[C@@H](O)CN2C1=O. The van der Waals surface area contributed by atoms with E-state index in [1.165, 1.54) is 22.7 Å². The van der Waals surface area contributed by atoms with Gasteiger partial charge in [-0.25, -0.2) is 4.98 Å². The van der Waals surface area contributed by atoms with Gasteiger partial charge in [0.25, 0.3) is 5.56 Å². The van der Waals surface area contributed by atoms with E-state index in [9.17, 15) is 38.7 Å². The molecule has 0 saturated carbocycles. The summed E-state index contributed by atoms with van der Waals surface area (Å²) in [4.78, 5) is 104. The van der Waals surface area contributed by atoms with E-state index in [1.54, 1.807) is 30.5 Å². The molecule has 17 heteroatoms. The molecule has 7 N–H and O–H groups in total. The number of benzene rings is 2. The first-order chi connectivity index (χ1) is 28.3. The summed E-state index contributed by atoms with van der Waals surface area (Å²) in [6.45, 7) is 5.37. The predicted octanol–water partition coefficient (Wildman–Crippen LogP) is 0.778. The maximum atomic E-state index is 14.2. The van der Waals surface area contributed by atoms with E-state index in [1.807, 2.05) is 38.1 Å². The number of para-hydroxylation sites is 2. The number of nitrogens with one attached hydrogen (secondary N) is 6. The lowest BCUT2D eigenvalue weighted by molar-refractivity contribution is -0.142. The average Bonchev–Trinajstić information content (AvgIpc) is 3.81. The number of hydrogen-bond acceptors (Lipinski definition) is 9. The van der Waals surface area contributed by atoms with Gasteiger partial charge in [0.1, 0.15) is 30.2 Å². The summed E-state index contributed by atoms with van der Waals surface area (Å²) < 4.78 is 1.33. The quantitative estimate of drug-likeness (QED) is 0.133. The summed E-state index contributed by atoms with van der Waals surface area (Å²) in [5.41, 5.74) is 1.78. The number of amides is 6. The first-order valence-corrected chi connectivity index (χ1v) is 20.2. The first-order valence-electron chi connectivity index (χ1n) is 20.2. The first kappa shape index (κ1) is 42.5. The molecule has 6 amide bonds. The number of aromatic amines is 1. The van der Waals surface area contributed by atoms with Crippen LogP contribution in [0.15, 0.2) is 65.8 Å². The second kappa shape index (κ2) is 19.1. The van der Waals surface area contributed by atoms with Crippen LogP contribution < -0.4 is 32.1 Å². The normalized spacial score (nSPS) is 24.1. The molecule has 2 fully saturated rings. The van der Waals surface area contributed by atoms with Crippen molar-refractivity contribution in [3.8, 4) is 0 Å². The minimum absolute atomic E-state index is 0.00890. The second-order valence-electron chi connectivity index (χ2n) is 15.9. The van der Waals surface area contributed by atoms with E-state index < -0.39 is 71.8 Å². The van der Waals surface area contributed by atoms with Gasteiger partial charge in [-0.1, -0.05) is 44.2 Å². The van der Waals surface area contributed by atoms with Crippen LogP contribution in [0.3, 0.4) is 0 Å². The molecule has 6 atom stereocenters. The highest BCUT2D eigenvalue weighted by atomic mass is 16.3. The third-order valence-corrected chi connectivity index (χ3v) is 10.9. The van der Waals surface area contributed by atoms with Gasteiger partial charge in [-0.15, -0.1) is 0 Å². The summed E-state index contributed by atoms with van der Waals surface area (Å²) in [6.07, 6.45) is 3.25. The monoisotopic (exact) mass is 811 g/mol. The van der Waals surface area contributed by atoms with Gasteiger partial charge >= 0.3 is 0 Å². The van der Waals surface area contributed by atoms with Crippen molar-refractivity contribution in [3.05, 3.63) is 77.0 Å². The van der Waals surface area contributed by atoms with E-state index >= 15 is 0 Å². The summed E-state index contributed by atoms with van der Waals surface area (Å²) in [6, 6.07) is 8.89. The molecule has 0 bridgehead atoms. The number of fused-ring (bicyclic) bond motifs is 3. The molecule has 59 heavy (non-hydrogen) atoms. The Labute approximate surface area is 341 Å². The number of aryl methyl sites for hydroxylation is 1. The molecular formula is C42H53N9O8. The summed E-state index contributed by atoms with van der Waals surface area (Å²) in [5, 5.41) is 25.8. The lowest BCUT2D eigenvalue weighted by Crippen LogP contribution is -2.59. The lowest BCUT2D eigenvalue weighted by Gasteiger charge is -2.30. The van der Waals surface area contributed by atoms with Gasteiger partial charge in [0.15, 0.2) is 0 Å². The predicted molar refractivity (Wildman–Crippen MR) is 218 cm³/mol. The van der Waals surface area contributed by atoms with Crippen LogP contribution in [0.2, 0.25) is 0 Å². The highest BCUT2D eigenvalue weighted by Gasteiger charge is 2.42. The van der Waals surface area contributed by atoms with E-state index in [4.69, 9.17) is 0 Å². The lowest BCUT2D eigenvalue weighted by atomic mass is 10.00. The highest BCUT2D eigenvalue weighted by molar-refractivity contribution is 5.97. The zero-order valence-corrected chi connectivity index (χ0v) is 33.5. The molecule has 4 aromatic rings. The van der Waals surface area contributed by atoms with Crippen molar-refractivity contribution in [2.45, 2.75) is 109 Å². The molecule has 0 unspecified atom stereocenters. The fourth-order valence-corrected chi connectivity index (χ4v) is 7.70. The van der Waals surface area contributed by atoms with Crippen molar-refractivity contribution in [1.29, 1.82) is 0 Å². The average molecular weight is 812 g/mol. The Kier molecular flexibility index (Phi) is 13.8. The van der Waals surface area contributed by atoms with Crippen LogP contribution in [0.1, 0.15) is 64.9 Å². The molecule has 17 nitrogen and oxygen atoms in total. The van der Waals surface area contributed by atoms with Crippen LogP contribution in [-0.2, 0) is 41.7 Å². The van der Waals surface area contributed by atoms with Crippen molar-refractivity contribution in [3.63, 3.8) is 0 Å². The molecule has 4 heterocycles. The number of hydrogen-bond donors (Lipinski definition) is 7. The van der Waals surface area contributed by atoms with Crippen LogP contribution >= 0.6 is 0 Å². The van der Waals surface area contributed by atoms with Gasteiger partial charge < -0.3 is 41.6 Å². The van der Waals surface area contributed by atoms with E-state index in [2.05, 4.69) is 36.6 Å². The molecule has 2 aromatic heterocycles. The zero-order chi connectivity index (χ0) is 42.2. The number of aromatic nitrogens is 3. The molecule has 2 saturated heterocycles. The summed E-state index contributed by atoms with van der Waals surface area (Å²) in [5.74, 6) is -3.48. The van der Waals surface area contributed by atoms with Crippen molar-refractivity contribution in [2.24, 2.45) is 5.92 Å². The summed E-state index contributed by atoms with van der Waals surface area (Å²) in [7, 11) is 0. The minimum atomic E-state index is -1.20. The summed E-state index contributed by atoms with van der Waals surface area (Å²) >= 11 is 0. The van der Waals surface area contributed by atoms with Gasteiger partial charge in [0.05, 0.1) is 23.3 Å².